The molecule has 0 nitrogen and oxygen atoms in total. The summed E-state index contributed by atoms with van der Waals surface area (Å²) in [5, 5.41) is 0. The van der Waals surface area contributed by atoms with Gasteiger partial charge in [-0.3, -0.25) is 0 Å². The van der Waals surface area contributed by atoms with Crippen molar-refractivity contribution in [2.24, 2.45) is 0 Å². The molecule has 0 amide bonds. The quantitative estimate of drug-likeness (QED) is 0.210. The van der Waals surface area contributed by atoms with Gasteiger partial charge in [0.1, 0.15) is 0 Å². The molecule has 0 atom stereocenters. The van der Waals surface area contributed by atoms with Gasteiger partial charge in [0.25, 0.3) is 0 Å². The Morgan fingerprint density at radius 2 is 1.50 bits per heavy atom. The summed E-state index contributed by atoms with van der Waals surface area (Å²) in [5.41, 5.74) is 5.10. The molecule has 0 radical (unpaired) electrons. The maximum Gasteiger partial charge on any atom is 0.0449 e. The first-order chi connectivity index (χ1) is 11.7. The summed E-state index contributed by atoms with van der Waals surface area (Å²) in [5.74, 6) is 0. The van der Waals surface area contributed by atoms with E-state index in [0.29, 0.717) is 0 Å². The van der Waals surface area contributed by atoms with Crippen molar-refractivity contribution >= 4 is 23.2 Å². The highest BCUT2D eigenvalue weighted by atomic mass is 32.1. The van der Waals surface area contributed by atoms with E-state index >= 15 is 0 Å². The van der Waals surface area contributed by atoms with Gasteiger partial charge in [-0.25, -0.2) is 0 Å². The molecule has 2 rings (SSSR count). The molecule has 2 aromatic carbocycles. The molecule has 126 valence electrons. The minimum absolute atomic E-state index is 0.890. The van der Waals surface area contributed by atoms with E-state index in [1.807, 2.05) is 6.08 Å². The molecule has 0 aliphatic carbocycles. The van der Waals surface area contributed by atoms with Gasteiger partial charge < -0.3 is 0 Å². The van der Waals surface area contributed by atoms with Crippen molar-refractivity contribution in [1.29, 1.82) is 0 Å². The van der Waals surface area contributed by atoms with Crippen molar-refractivity contribution in [3.63, 3.8) is 0 Å². The van der Waals surface area contributed by atoms with Crippen LogP contribution in [0, 0.1) is 0 Å². The third-order valence-electron chi connectivity index (χ3n) is 4.37. The average Bonchev–Trinajstić information content (AvgIpc) is 2.64. The largest absolute Gasteiger partial charge is 0.0795 e. The lowest BCUT2D eigenvalue weighted by atomic mass is 10.0. The number of allylic oxidation sites excluding steroid dienone is 1. The van der Waals surface area contributed by atoms with Crippen LogP contribution in [0.4, 0.5) is 0 Å². The second kappa shape index (κ2) is 10.2. The van der Waals surface area contributed by atoms with Crippen molar-refractivity contribution in [3.8, 4) is 0 Å². The molecule has 0 fully saturated rings. The number of unbranched alkanes of at least 4 members (excludes halogenated alkanes) is 3. The summed E-state index contributed by atoms with van der Waals surface area (Å²) < 4.78 is 0. The van der Waals surface area contributed by atoms with Gasteiger partial charge in [0, 0.05) is 4.86 Å². The van der Waals surface area contributed by atoms with E-state index < -0.39 is 0 Å². The van der Waals surface area contributed by atoms with Crippen LogP contribution in [0.5, 0.6) is 0 Å². The number of thiocarbonyl (C=S) groups is 1. The lowest BCUT2D eigenvalue weighted by molar-refractivity contribution is 0.667. The van der Waals surface area contributed by atoms with Crippen LogP contribution in [-0.4, -0.2) is 4.86 Å². The summed E-state index contributed by atoms with van der Waals surface area (Å²) in [6.07, 6.45) is 11.7. The Hall–Kier alpha value is -1.73. The van der Waals surface area contributed by atoms with Gasteiger partial charge in [0.05, 0.1) is 0 Å². The van der Waals surface area contributed by atoms with Crippen molar-refractivity contribution in [3.05, 3.63) is 76.9 Å². The van der Waals surface area contributed by atoms with E-state index in [4.69, 9.17) is 12.2 Å². The Morgan fingerprint density at radius 1 is 0.833 bits per heavy atom. The molecule has 0 saturated heterocycles. The van der Waals surface area contributed by atoms with Crippen LogP contribution in [0.1, 0.15) is 61.8 Å². The van der Waals surface area contributed by atoms with Crippen LogP contribution in [0.25, 0.3) is 6.08 Å². The normalized spacial score (nSPS) is 11.1. The fourth-order valence-electron chi connectivity index (χ4n) is 2.72. The molecule has 0 N–H and O–H groups in total. The van der Waals surface area contributed by atoms with Gasteiger partial charge in [-0.05, 0) is 47.6 Å². The first-order valence-corrected chi connectivity index (χ1v) is 9.54. The van der Waals surface area contributed by atoms with Crippen LogP contribution >= 0.6 is 12.2 Å². The number of hydrogen-bond donors (Lipinski definition) is 0. The standard InChI is InChI=1S/C23H28S/c1-3-5-6-7-8-20-9-11-21(12-10-20)15-18-23(24)22-16-13-19(4-2)14-17-22/h9-18H,3-8H2,1-2H3. The van der Waals surface area contributed by atoms with Crippen LogP contribution in [0.2, 0.25) is 0 Å². The van der Waals surface area contributed by atoms with Gasteiger partial charge in [-0.15, -0.1) is 0 Å². The molecule has 24 heavy (non-hydrogen) atoms. The molecule has 1 heteroatoms. The van der Waals surface area contributed by atoms with Crippen LogP contribution in [0.15, 0.2) is 54.6 Å². The molecule has 0 bridgehead atoms. The first-order valence-electron chi connectivity index (χ1n) is 9.13. The summed E-state index contributed by atoms with van der Waals surface area (Å²) in [6.45, 7) is 4.42. The smallest absolute Gasteiger partial charge is 0.0449 e. The Labute approximate surface area is 152 Å². The van der Waals surface area contributed by atoms with Crippen molar-refractivity contribution in [2.45, 2.75) is 52.4 Å². The Balaban J connectivity index is 1.89. The molecule has 0 aliphatic rings. The molecule has 0 spiro atoms. The SMILES string of the molecule is CCCCCCc1ccc(C=CC(=S)c2ccc(CC)cc2)cc1. The van der Waals surface area contributed by atoms with Gasteiger partial charge in [-0.1, -0.05) is 99.9 Å². The van der Waals surface area contributed by atoms with Crippen molar-refractivity contribution in [1.82, 2.24) is 0 Å². The van der Waals surface area contributed by atoms with Gasteiger partial charge in [0.2, 0.25) is 0 Å². The third-order valence-corrected chi connectivity index (χ3v) is 4.74. The first kappa shape index (κ1) is 18.6. The number of aryl methyl sites for hydroxylation is 2. The molecule has 0 heterocycles. The summed E-state index contributed by atoms with van der Waals surface area (Å²) in [6, 6.07) is 17.4. The molecule has 0 unspecified atom stereocenters. The summed E-state index contributed by atoms with van der Waals surface area (Å²) in [4.78, 5) is 0.890. The monoisotopic (exact) mass is 336 g/mol. The molecule has 0 aliphatic heterocycles. The van der Waals surface area contributed by atoms with E-state index in [0.717, 1.165) is 16.8 Å². The fourth-order valence-corrected chi connectivity index (χ4v) is 2.93. The average molecular weight is 337 g/mol. The van der Waals surface area contributed by atoms with E-state index in [-0.39, 0.29) is 0 Å². The fraction of sp³-hybridized carbons (Fsp3) is 0.348. The Morgan fingerprint density at radius 3 is 2.12 bits per heavy atom. The number of rotatable bonds is 9. The topological polar surface area (TPSA) is 0 Å². The Bertz CT molecular complexity index is 647. The molecular formula is C23H28S. The lowest BCUT2D eigenvalue weighted by Gasteiger charge is -2.03. The minimum Gasteiger partial charge on any atom is -0.0795 e. The maximum absolute atomic E-state index is 5.52. The lowest BCUT2D eigenvalue weighted by Crippen LogP contribution is -1.93. The van der Waals surface area contributed by atoms with E-state index in [2.05, 4.69) is 68.5 Å². The molecule has 0 aromatic heterocycles. The zero-order valence-electron chi connectivity index (χ0n) is 14.9. The third kappa shape index (κ3) is 6.05. The van der Waals surface area contributed by atoms with E-state index in [1.165, 1.54) is 48.8 Å². The number of hydrogen-bond acceptors (Lipinski definition) is 1. The predicted octanol–water partition coefficient (Wildman–Crippen LogP) is 6.80. The number of benzene rings is 2. The van der Waals surface area contributed by atoms with Gasteiger partial charge in [0.15, 0.2) is 0 Å². The highest BCUT2D eigenvalue weighted by Crippen LogP contribution is 2.12. The van der Waals surface area contributed by atoms with Crippen LogP contribution < -0.4 is 0 Å². The maximum atomic E-state index is 5.52. The van der Waals surface area contributed by atoms with Gasteiger partial charge >= 0.3 is 0 Å². The van der Waals surface area contributed by atoms with E-state index in [9.17, 15) is 0 Å². The van der Waals surface area contributed by atoms with Crippen LogP contribution in [0.3, 0.4) is 0 Å². The molecule has 2 aromatic rings. The zero-order valence-corrected chi connectivity index (χ0v) is 15.7. The van der Waals surface area contributed by atoms with Crippen molar-refractivity contribution in [2.75, 3.05) is 0 Å². The Kier molecular flexibility index (Phi) is 7.91. The highest BCUT2D eigenvalue weighted by Gasteiger charge is 1.98. The van der Waals surface area contributed by atoms with Gasteiger partial charge in [-0.2, -0.15) is 0 Å². The minimum atomic E-state index is 0.890. The summed E-state index contributed by atoms with van der Waals surface area (Å²) in [7, 11) is 0. The predicted molar refractivity (Wildman–Crippen MR) is 111 cm³/mol. The second-order valence-electron chi connectivity index (χ2n) is 6.30. The highest BCUT2D eigenvalue weighted by molar-refractivity contribution is 7.81. The second-order valence-corrected chi connectivity index (χ2v) is 6.74. The zero-order chi connectivity index (χ0) is 17.2. The van der Waals surface area contributed by atoms with E-state index in [1.54, 1.807) is 0 Å². The molecular weight excluding hydrogens is 308 g/mol. The van der Waals surface area contributed by atoms with Crippen molar-refractivity contribution < 1.29 is 0 Å². The molecule has 0 saturated carbocycles. The van der Waals surface area contributed by atoms with Crippen LogP contribution in [-0.2, 0) is 12.8 Å². The summed E-state index contributed by atoms with van der Waals surface area (Å²) >= 11 is 5.52.